The Kier molecular flexibility index (Phi) is 5.13. The van der Waals surface area contributed by atoms with E-state index in [9.17, 15) is 4.79 Å². The van der Waals surface area contributed by atoms with Gasteiger partial charge in [-0.3, -0.25) is 4.79 Å². The summed E-state index contributed by atoms with van der Waals surface area (Å²) in [6.45, 7) is 0. The number of ether oxygens (including phenoxy) is 1. The standard InChI is InChI=1S/C18H15ClN2O2S/c1-23-16-8-7-13(9-15(16)19)20-17(22)10-14-11-24-18(21-14)12-5-3-2-4-6-12/h2-9,11H,10H2,1H3,(H,20,22). The van der Waals surface area contributed by atoms with Crippen LogP contribution in [0.4, 0.5) is 5.69 Å². The minimum absolute atomic E-state index is 0.138. The summed E-state index contributed by atoms with van der Waals surface area (Å²) in [5.74, 6) is 0.433. The third-order valence-electron chi connectivity index (χ3n) is 3.35. The van der Waals surface area contributed by atoms with Gasteiger partial charge in [-0.25, -0.2) is 4.98 Å². The molecular weight excluding hydrogens is 344 g/mol. The lowest BCUT2D eigenvalue weighted by Gasteiger charge is -2.07. The first-order valence-electron chi connectivity index (χ1n) is 7.29. The highest BCUT2D eigenvalue weighted by Crippen LogP contribution is 2.27. The fraction of sp³-hybridized carbons (Fsp3) is 0.111. The van der Waals surface area contributed by atoms with Crippen molar-refractivity contribution < 1.29 is 9.53 Å². The van der Waals surface area contributed by atoms with Gasteiger partial charge >= 0.3 is 0 Å². The van der Waals surface area contributed by atoms with Gasteiger partial charge in [0.2, 0.25) is 5.91 Å². The van der Waals surface area contributed by atoms with Gasteiger partial charge in [0, 0.05) is 16.6 Å². The normalized spacial score (nSPS) is 10.4. The predicted molar refractivity (Wildman–Crippen MR) is 97.9 cm³/mol. The molecule has 1 heterocycles. The van der Waals surface area contributed by atoms with Crippen LogP contribution in [-0.2, 0) is 11.2 Å². The predicted octanol–water partition coefficient (Wildman–Crippen LogP) is 4.65. The molecule has 0 aliphatic heterocycles. The van der Waals surface area contributed by atoms with Crippen LogP contribution in [-0.4, -0.2) is 18.0 Å². The van der Waals surface area contributed by atoms with Gasteiger partial charge in [-0.2, -0.15) is 0 Å². The van der Waals surface area contributed by atoms with Crippen LogP contribution in [0.15, 0.2) is 53.9 Å². The maximum Gasteiger partial charge on any atom is 0.230 e. The van der Waals surface area contributed by atoms with E-state index in [0.29, 0.717) is 16.5 Å². The Hall–Kier alpha value is -2.37. The Balaban J connectivity index is 1.65. The summed E-state index contributed by atoms with van der Waals surface area (Å²) in [7, 11) is 1.55. The summed E-state index contributed by atoms with van der Waals surface area (Å²) in [5, 5.41) is 6.09. The lowest BCUT2D eigenvalue weighted by atomic mass is 10.2. The monoisotopic (exact) mass is 358 g/mol. The summed E-state index contributed by atoms with van der Waals surface area (Å²) in [4.78, 5) is 16.7. The van der Waals surface area contributed by atoms with Crippen LogP contribution < -0.4 is 10.1 Å². The van der Waals surface area contributed by atoms with E-state index in [-0.39, 0.29) is 12.3 Å². The SMILES string of the molecule is COc1ccc(NC(=O)Cc2csc(-c3ccccc3)n2)cc1Cl. The zero-order chi connectivity index (χ0) is 16.9. The maximum absolute atomic E-state index is 12.2. The second-order valence-corrected chi connectivity index (χ2v) is 6.35. The molecule has 2 aromatic carbocycles. The Labute approximate surface area is 149 Å². The zero-order valence-electron chi connectivity index (χ0n) is 13.0. The maximum atomic E-state index is 12.2. The van der Waals surface area contributed by atoms with Gasteiger partial charge in [-0.1, -0.05) is 41.9 Å². The van der Waals surface area contributed by atoms with Crippen LogP contribution in [0.2, 0.25) is 5.02 Å². The van der Waals surface area contributed by atoms with E-state index >= 15 is 0 Å². The number of carbonyl (C=O) groups is 1. The molecule has 0 aliphatic rings. The molecule has 122 valence electrons. The number of hydrogen-bond acceptors (Lipinski definition) is 4. The smallest absolute Gasteiger partial charge is 0.230 e. The highest BCUT2D eigenvalue weighted by atomic mass is 35.5. The number of amides is 1. The third kappa shape index (κ3) is 3.93. The average Bonchev–Trinajstić information content (AvgIpc) is 3.04. The first kappa shape index (κ1) is 16.5. The van der Waals surface area contributed by atoms with Gasteiger partial charge in [0.05, 0.1) is 24.2 Å². The van der Waals surface area contributed by atoms with Crippen LogP contribution in [0.25, 0.3) is 10.6 Å². The third-order valence-corrected chi connectivity index (χ3v) is 4.59. The number of aromatic nitrogens is 1. The van der Waals surface area contributed by atoms with Crippen LogP contribution in [0.3, 0.4) is 0 Å². The topological polar surface area (TPSA) is 51.2 Å². The van der Waals surface area contributed by atoms with Crippen molar-refractivity contribution in [2.75, 3.05) is 12.4 Å². The van der Waals surface area contributed by atoms with Crippen LogP contribution >= 0.6 is 22.9 Å². The number of rotatable bonds is 5. The fourth-order valence-electron chi connectivity index (χ4n) is 2.22. The molecule has 0 unspecified atom stereocenters. The summed E-state index contributed by atoms with van der Waals surface area (Å²) in [5.41, 5.74) is 2.43. The minimum Gasteiger partial charge on any atom is -0.495 e. The highest BCUT2D eigenvalue weighted by Gasteiger charge is 2.10. The Morgan fingerprint density at radius 2 is 2.04 bits per heavy atom. The number of halogens is 1. The number of methoxy groups -OCH3 is 1. The molecular formula is C18H15ClN2O2S. The highest BCUT2D eigenvalue weighted by molar-refractivity contribution is 7.13. The van der Waals surface area contributed by atoms with Crippen LogP contribution in [0, 0.1) is 0 Å². The number of carbonyl (C=O) groups excluding carboxylic acids is 1. The zero-order valence-corrected chi connectivity index (χ0v) is 14.5. The van der Waals surface area contributed by atoms with E-state index < -0.39 is 0 Å². The summed E-state index contributed by atoms with van der Waals surface area (Å²) in [6.07, 6.45) is 0.215. The van der Waals surface area contributed by atoms with E-state index in [1.165, 1.54) is 11.3 Å². The lowest BCUT2D eigenvalue weighted by molar-refractivity contribution is -0.115. The number of nitrogens with zero attached hydrogens (tertiary/aromatic N) is 1. The number of benzene rings is 2. The fourth-order valence-corrected chi connectivity index (χ4v) is 3.30. The molecule has 0 saturated heterocycles. The molecule has 0 fully saturated rings. The average molecular weight is 359 g/mol. The van der Waals surface area contributed by atoms with Crippen molar-refractivity contribution in [1.82, 2.24) is 4.98 Å². The van der Waals surface area contributed by atoms with E-state index in [0.717, 1.165) is 16.3 Å². The Morgan fingerprint density at radius 1 is 1.25 bits per heavy atom. The number of anilines is 1. The first-order valence-corrected chi connectivity index (χ1v) is 8.54. The van der Waals surface area contributed by atoms with E-state index in [4.69, 9.17) is 16.3 Å². The molecule has 0 atom stereocenters. The van der Waals surface area contributed by atoms with Gasteiger partial charge in [-0.05, 0) is 18.2 Å². The molecule has 0 bridgehead atoms. The summed E-state index contributed by atoms with van der Waals surface area (Å²) < 4.78 is 5.09. The first-order chi connectivity index (χ1) is 11.7. The number of thiazole rings is 1. The molecule has 0 aliphatic carbocycles. The molecule has 1 N–H and O–H groups in total. The summed E-state index contributed by atoms with van der Waals surface area (Å²) >= 11 is 7.59. The van der Waals surface area contributed by atoms with E-state index in [1.54, 1.807) is 25.3 Å². The number of nitrogens with one attached hydrogen (secondary N) is 1. The summed E-state index contributed by atoms with van der Waals surface area (Å²) in [6, 6.07) is 15.0. The number of hydrogen-bond donors (Lipinski definition) is 1. The van der Waals surface area contributed by atoms with Crippen LogP contribution in [0.5, 0.6) is 5.75 Å². The molecule has 4 nitrogen and oxygen atoms in total. The van der Waals surface area contributed by atoms with Crippen molar-refractivity contribution in [3.63, 3.8) is 0 Å². The second-order valence-electron chi connectivity index (χ2n) is 5.08. The minimum atomic E-state index is -0.138. The molecule has 24 heavy (non-hydrogen) atoms. The van der Waals surface area contributed by atoms with E-state index in [2.05, 4.69) is 10.3 Å². The Morgan fingerprint density at radius 3 is 2.75 bits per heavy atom. The second kappa shape index (κ2) is 7.47. The van der Waals surface area contributed by atoms with Crippen molar-refractivity contribution in [1.29, 1.82) is 0 Å². The quantitative estimate of drug-likeness (QED) is 0.722. The van der Waals surface area contributed by atoms with Crippen molar-refractivity contribution in [2.45, 2.75) is 6.42 Å². The van der Waals surface area contributed by atoms with Gasteiger partial charge < -0.3 is 10.1 Å². The van der Waals surface area contributed by atoms with Crippen molar-refractivity contribution in [3.05, 3.63) is 64.6 Å². The van der Waals surface area contributed by atoms with Gasteiger partial charge in [0.25, 0.3) is 0 Å². The van der Waals surface area contributed by atoms with Gasteiger partial charge in [-0.15, -0.1) is 11.3 Å². The molecule has 3 rings (SSSR count). The molecule has 0 saturated carbocycles. The molecule has 1 aromatic heterocycles. The molecule has 3 aromatic rings. The largest absolute Gasteiger partial charge is 0.495 e. The Bertz CT molecular complexity index is 849. The molecule has 6 heteroatoms. The molecule has 0 radical (unpaired) electrons. The van der Waals surface area contributed by atoms with Crippen molar-refractivity contribution >= 4 is 34.5 Å². The van der Waals surface area contributed by atoms with Crippen LogP contribution in [0.1, 0.15) is 5.69 Å². The molecule has 0 spiro atoms. The van der Waals surface area contributed by atoms with Gasteiger partial charge in [0.1, 0.15) is 10.8 Å². The molecule has 1 amide bonds. The lowest BCUT2D eigenvalue weighted by Crippen LogP contribution is -2.14. The van der Waals surface area contributed by atoms with Crippen molar-refractivity contribution in [3.8, 4) is 16.3 Å². The van der Waals surface area contributed by atoms with Gasteiger partial charge in [0.15, 0.2) is 0 Å². The van der Waals surface area contributed by atoms with E-state index in [1.807, 2.05) is 35.7 Å². The van der Waals surface area contributed by atoms with Crippen molar-refractivity contribution in [2.24, 2.45) is 0 Å².